The fourth-order valence-electron chi connectivity index (χ4n) is 2.34. The lowest BCUT2D eigenvalue weighted by molar-refractivity contribution is -0.144. The lowest BCUT2D eigenvalue weighted by Gasteiger charge is -2.10. The third kappa shape index (κ3) is 4.92. The average Bonchev–Trinajstić information content (AvgIpc) is 3.01. The molecule has 1 aliphatic heterocycles. The van der Waals surface area contributed by atoms with Crippen LogP contribution in [0.15, 0.2) is 58.4 Å². The zero-order chi connectivity index (χ0) is 20.1. The number of nitrogens with one attached hydrogen (secondary N) is 1. The molecule has 1 heterocycles. The highest BCUT2D eigenvalue weighted by Crippen LogP contribution is 2.29. The summed E-state index contributed by atoms with van der Waals surface area (Å²) >= 11 is 1.23. The van der Waals surface area contributed by atoms with Gasteiger partial charge in [0.15, 0.2) is 11.3 Å². The van der Waals surface area contributed by atoms with E-state index in [4.69, 9.17) is 14.6 Å². The van der Waals surface area contributed by atoms with Gasteiger partial charge >= 0.3 is 5.97 Å². The molecule has 7 nitrogen and oxygen atoms in total. The second kappa shape index (κ2) is 8.62. The van der Waals surface area contributed by atoms with Crippen LogP contribution in [0.25, 0.3) is 6.08 Å². The summed E-state index contributed by atoms with van der Waals surface area (Å²) in [4.78, 5) is 28.0. The number of rotatable bonds is 6. The van der Waals surface area contributed by atoms with E-state index in [2.05, 4.69) is 10.3 Å². The Hall–Kier alpha value is -3.26. The first kappa shape index (κ1) is 19.5. The number of methoxy groups -OCH3 is 1. The summed E-state index contributed by atoms with van der Waals surface area (Å²) in [5.74, 6) is -0.150. The van der Waals surface area contributed by atoms with E-state index in [0.717, 1.165) is 11.3 Å². The largest absolute Gasteiger partial charge is 0.497 e. The van der Waals surface area contributed by atoms with E-state index >= 15 is 0 Å². The molecule has 8 heteroatoms. The van der Waals surface area contributed by atoms with E-state index in [1.54, 1.807) is 61.7 Å². The molecule has 1 fully saturated rings. The maximum absolute atomic E-state index is 12.2. The number of amidine groups is 1. The number of carbonyl (C=O) groups is 2. The van der Waals surface area contributed by atoms with Crippen molar-refractivity contribution >= 4 is 40.6 Å². The Morgan fingerprint density at radius 3 is 2.64 bits per heavy atom. The summed E-state index contributed by atoms with van der Waals surface area (Å²) in [5.41, 5.74) is 1.42. The fraction of sp³-hybridized carbons (Fsp3) is 0.150. The van der Waals surface area contributed by atoms with Gasteiger partial charge < -0.3 is 19.9 Å². The van der Waals surface area contributed by atoms with Crippen molar-refractivity contribution in [3.05, 3.63) is 59.0 Å². The van der Waals surface area contributed by atoms with Crippen molar-refractivity contribution in [2.24, 2.45) is 4.99 Å². The Morgan fingerprint density at radius 1 is 1.21 bits per heavy atom. The number of benzene rings is 2. The maximum Gasteiger partial charge on any atom is 0.344 e. The molecule has 0 bridgehead atoms. The van der Waals surface area contributed by atoms with Gasteiger partial charge in [0.2, 0.25) is 0 Å². The van der Waals surface area contributed by atoms with Crippen LogP contribution in [0.3, 0.4) is 0 Å². The van der Waals surface area contributed by atoms with Crippen LogP contribution in [0.5, 0.6) is 11.5 Å². The molecule has 0 spiro atoms. The average molecular weight is 398 g/mol. The minimum Gasteiger partial charge on any atom is -0.497 e. The van der Waals surface area contributed by atoms with Gasteiger partial charge in [-0.15, -0.1) is 0 Å². The predicted molar refractivity (Wildman–Crippen MR) is 108 cm³/mol. The minimum atomic E-state index is -1.05. The molecule has 0 aromatic heterocycles. The molecule has 1 saturated heterocycles. The Kier molecular flexibility index (Phi) is 6.00. The summed E-state index contributed by atoms with van der Waals surface area (Å²) in [6, 6.07) is 14.1. The van der Waals surface area contributed by atoms with Crippen molar-refractivity contribution in [3.8, 4) is 11.5 Å². The van der Waals surface area contributed by atoms with Crippen molar-refractivity contribution in [2.45, 2.75) is 13.0 Å². The highest BCUT2D eigenvalue weighted by molar-refractivity contribution is 8.18. The molecule has 1 unspecified atom stereocenters. The first-order valence-electron chi connectivity index (χ1n) is 8.38. The molecule has 2 aromatic rings. The number of nitrogens with zero attached hydrogens (tertiary/aromatic N) is 1. The summed E-state index contributed by atoms with van der Waals surface area (Å²) in [6.07, 6.45) is 0.741. The van der Waals surface area contributed by atoms with Gasteiger partial charge in [-0.3, -0.25) is 4.79 Å². The first-order valence-corrected chi connectivity index (χ1v) is 9.19. The number of hydrogen-bond donors (Lipinski definition) is 2. The molecule has 1 aliphatic rings. The zero-order valence-electron chi connectivity index (χ0n) is 15.2. The van der Waals surface area contributed by atoms with Gasteiger partial charge in [-0.05, 0) is 66.7 Å². The van der Waals surface area contributed by atoms with Crippen molar-refractivity contribution in [2.75, 3.05) is 7.11 Å². The van der Waals surface area contributed by atoms with Crippen LogP contribution in [-0.2, 0) is 9.59 Å². The van der Waals surface area contributed by atoms with Gasteiger partial charge in [0.05, 0.1) is 17.7 Å². The quantitative estimate of drug-likeness (QED) is 0.724. The molecular weight excluding hydrogens is 380 g/mol. The second-order valence-electron chi connectivity index (χ2n) is 5.85. The van der Waals surface area contributed by atoms with E-state index < -0.39 is 12.1 Å². The predicted octanol–water partition coefficient (Wildman–Crippen LogP) is 3.44. The van der Waals surface area contributed by atoms with E-state index in [9.17, 15) is 9.59 Å². The van der Waals surface area contributed by atoms with Gasteiger partial charge in [0.25, 0.3) is 5.91 Å². The number of ether oxygens (including phenoxy) is 2. The maximum atomic E-state index is 12.2. The van der Waals surface area contributed by atoms with Crippen LogP contribution < -0.4 is 14.8 Å². The number of thioether (sulfide) groups is 1. The van der Waals surface area contributed by atoms with Crippen molar-refractivity contribution < 1.29 is 24.2 Å². The normalized spacial score (nSPS) is 17.4. The Labute approximate surface area is 166 Å². The van der Waals surface area contributed by atoms with E-state index in [0.29, 0.717) is 21.5 Å². The van der Waals surface area contributed by atoms with Crippen molar-refractivity contribution in [1.29, 1.82) is 0 Å². The van der Waals surface area contributed by atoms with Crippen LogP contribution in [0.2, 0.25) is 0 Å². The van der Waals surface area contributed by atoms with Crippen LogP contribution in [0.1, 0.15) is 12.5 Å². The number of aliphatic carboxylic acids is 1. The Morgan fingerprint density at radius 2 is 1.96 bits per heavy atom. The lowest BCUT2D eigenvalue weighted by Crippen LogP contribution is -2.22. The topological polar surface area (TPSA) is 97.2 Å². The molecule has 1 atom stereocenters. The van der Waals surface area contributed by atoms with Gasteiger partial charge in [-0.25, -0.2) is 9.79 Å². The molecule has 1 amide bonds. The summed E-state index contributed by atoms with van der Waals surface area (Å²) in [6.45, 7) is 1.45. The SMILES string of the molecule is COc1ccc(N=C2NC(=O)/C(=C\c3cccc(OC(C)C(=O)O)c3)S2)cc1. The molecule has 2 N–H and O–H groups in total. The summed E-state index contributed by atoms with van der Waals surface area (Å²) in [5, 5.41) is 12.2. The van der Waals surface area contributed by atoms with Gasteiger partial charge in [-0.1, -0.05) is 12.1 Å². The Balaban J connectivity index is 1.75. The smallest absolute Gasteiger partial charge is 0.344 e. The molecule has 3 rings (SSSR count). The van der Waals surface area contributed by atoms with Gasteiger partial charge in [0.1, 0.15) is 11.5 Å². The number of hydrogen-bond acceptors (Lipinski definition) is 6. The second-order valence-corrected chi connectivity index (χ2v) is 6.88. The van der Waals surface area contributed by atoms with Gasteiger partial charge in [0, 0.05) is 0 Å². The standard InChI is InChI=1S/C20H18N2O5S/c1-12(19(24)25)27-16-5-3-4-13(10-16)11-17-18(23)22-20(28-17)21-14-6-8-15(26-2)9-7-14/h3-12H,1-2H3,(H,24,25)(H,21,22,23)/b17-11+. The third-order valence-electron chi connectivity index (χ3n) is 3.77. The number of carbonyl (C=O) groups excluding carboxylic acids is 1. The monoisotopic (exact) mass is 398 g/mol. The van der Waals surface area contributed by atoms with Crippen molar-refractivity contribution in [3.63, 3.8) is 0 Å². The Bertz CT molecular complexity index is 953. The molecule has 0 aliphatic carbocycles. The van der Waals surface area contributed by atoms with Crippen LogP contribution >= 0.6 is 11.8 Å². The summed E-state index contributed by atoms with van der Waals surface area (Å²) < 4.78 is 10.5. The molecule has 0 radical (unpaired) electrons. The summed E-state index contributed by atoms with van der Waals surface area (Å²) in [7, 11) is 1.59. The van der Waals surface area contributed by atoms with E-state index in [1.165, 1.54) is 18.7 Å². The molecule has 2 aromatic carbocycles. The molecule has 0 saturated carbocycles. The van der Waals surface area contributed by atoms with Crippen LogP contribution in [0.4, 0.5) is 5.69 Å². The first-order chi connectivity index (χ1) is 13.4. The lowest BCUT2D eigenvalue weighted by atomic mass is 10.2. The highest BCUT2D eigenvalue weighted by atomic mass is 32.2. The fourth-order valence-corrected chi connectivity index (χ4v) is 3.18. The molecular formula is C20H18N2O5S. The minimum absolute atomic E-state index is 0.248. The molecule has 28 heavy (non-hydrogen) atoms. The zero-order valence-corrected chi connectivity index (χ0v) is 16.0. The van der Waals surface area contributed by atoms with Crippen LogP contribution in [-0.4, -0.2) is 35.4 Å². The number of carboxylic acid groups (broad SMARTS) is 1. The van der Waals surface area contributed by atoms with E-state index in [1.807, 2.05) is 0 Å². The number of carboxylic acids is 1. The van der Waals surface area contributed by atoms with Gasteiger partial charge in [-0.2, -0.15) is 0 Å². The van der Waals surface area contributed by atoms with E-state index in [-0.39, 0.29) is 5.91 Å². The number of aliphatic imine (C=N–C) groups is 1. The highest BCUT2D eigenvalue weighted by Gasteiger charge is 2.24. The third-order valence-corrected chi connectivity index (χ3v) is 4.68. The number of amides is 1. The van der Waals surface area contributed by atoms with Crippen LogP contribution in [0, 0.1) is 0 Å². The molecule has 144 valence electrons. The van der Waals surface area contributed by atoms with Crippen molar-refractivity contribution in [1.82, 2.24) is 5.32 Å².